The standard InChI is InChI=1S/C13H12ClFN2O3S/c1-20-11-2-3-13(12(16)7-11)21(18,19)17-10-5-8(14)4-9(15)6-10/h2-7,17H,16H2,1H3. The van der Waals surface area contributed by atoms with Gasteiger partial charge in [0.25, 0.3) is 10.0 Å². The summed E-state index contributed by atoms with van der Waals surface area (Å²) < 4.78 is 44.9. The molecule has 2 aromatic rings. The minimum Gasteiger partial charge on any atom is -0.497 e. The highest BCUT2D eigenvalue weighted by molar-refractivity contribution is 7.92. The van der Waals surface area contributed by atoms with E-state index >= 15 is 0 Å². The quantitative estimate of drug-likeness (QED) is 0.845. The first-order valence-corrected chi connectivity index (χ1v) is 7.60. The van der Waals surface area contributed by atoms with Gasteiger partial charge in [-0.25, -0.2) is 12.8 Å². The number of nitrogens with two attached hydrogens (primary N) is 1. The van der Waals surface area contributed by atoms with Crippen LogP contribution in [0.15, 0.2) is 41.3 Å². The van der Waals surface area contributed by atoms with E-state index in [0.717, 1.165) is 12.1 Å². The second-order valence-corrected chi connectivity index (χ2v) is 6.25. The minimum atomic E-state index is -3.96. The lowest BCUT2D eigenvalue weighted by Crippen LogP contribution is -2.15. The van der Waals surface area contributed by atoms with Crippen LogP contribution < -0.4 is 15.2 Å². The molecule has 0 saturated heterocycles. The van der Waals surface area contributed by atoms with Gasteiger partial charge in [-0.15, -0.1) is 0 Å². The second-order valence-electron chi connectivity index (χ2n) is 4.17. The topological polar surface area (TPSA) is 81.4 Å². The molecule has 2 aromatic carbocycles. The lowest BCUT2D eigenvalue weighted by molar-refractivity contribution is 0.414. The van der Waals surface area contributed by atoms with Crippen LogP contribution in [0.4, 0.5) is 15.8 Å². The van der Waals surface area contributed by atoms with Crippen LogP contribution in [0.25, 0.3) is 0 Å². The summed E-state index contributed by atoms with van der Waals surface area (Å²) in [6.45, 7) is 0. The number of benzene rings is 2. The van der Waals surface area contributed by atoms with Crippen molar-refractivity contribution in [1.82, 2.24) is 0 Å². The van der Waals surface area contributed by atoms with Gasteiger partial charge < -0.3 is 10.5 Å². The fourth-order valence-electron chi connectivity index (χ4n) is 1.72. The highest BCUT2D eigenvalue weighted by Gasteiger charge is 2.18. The van der Waals surface area contributed by atoms with E-state index in [1.807, 2.05) is 0 Å². The van der Waals surface area contributed by atoms with Crippen LogP contribution in [-0.4, -0.2) is 15.5 Å². The average molecular weight is 331 g/mol. The summed E-state index contributed by atoms with van der Waals surface area (Å²) >= 11 is 5.68. The van der Waals surface area contributed by atoms with E-state index in [1.165, 1.54) is 31.4 Å². The molecule has 0 heterocycles. The molecule has 0 aliphatic heterocycles. The Kier molecular flexibility index (Phi) is 4.24. The Morgan fingerprint density at radius 1 is 1.24 bits per heavy atom. The van der Waals surface area contributed by atoms with Crippen molar-refractivity contribution in [2.24, 2.45) is 0 Å². The minimum absolute atomic E-state index is 0.00946. The fourth-order valence-corrected chi connectivity index (χ4v) is 3.10. The molecule has 0 unspecified atom stereocenters. The van der Waals surface area contributed by atoms with Gasteiger partial charge in [0.15, 0.2) is 0 Å². The molecule has 0 radical (unpaired) electrons. The first-order valence-electron chi connectivity index (χ1n) is 5.74. The molecule has 2 rings (SSSR count). The summed E-state index contributed by atoms with van der Waals surface area (Å²) in [5, 5.41) is 0.0791. The van der Waals surface area contributed by atoms with Crippen LogP contribution in [0.1, 0.15) is 0 Å². The maximum Gasteiger partial charge on any atom is 0.263 e. The highest BCUT2D eigenvalue weighted by Crippen LogP contribution is 2.26. The molecule has 0 atom stereocenters. The SMILES string of the molecule is COc1ccc(S(=O)(=O)Nc2cc(F)cc(Cl)c2)c(N)c1. The van der Waals surface area contributed by atoms with Crippen LogP contribution in [0.3, 0.4) is 0 Å². The zero-order valence-corrected chi connectivity index (χ0v) is 12.5. The van der Waals surface area contributed by atoms with Crippen LogP contribution in [0, 0.1) is 5.82 Å². The van der Waals surface area contributed by atoms with Gasteiger partial charge in [0.1, 0.15) is 16.5 Å². The van der Waals surface area contributed by atoms with E-state index < -0.39 is 15.8 Å². The van der Waals surface area contributed by atoms with E-state index in [-0.39, 0.29) is 21.3 Å². The van der Waals surface area contributed by atoms with Crippen LogP contribution in [-0.2, 0) is 10.0 Å². The van der Waals surface area contributed by atoms with Gasteiger partial charge in [0.2, 0.25) is 0 Å². The Morgan fingerprint density at radius 3 is 2.52 bits per heavy atom. The lowest BCUT2D eigenvalue weighted by atomic mass is 10.3. The van der Waals surface area contributed by atoms with Crippen molar-refractivity contribution < 1.29 is 17.5 Å². The lowest BCUT2D eigenvalue weighted by Gasteiger charge is -2.11. The Balaban J connectivity index is 2.38. The largest absolute Gasteiger partial charge is 0.497 e. The number of ether oxygens (including phenoxy) is 1. The first kappa shape index (κ1) is 15.4. The van der Waals surface area contributed by atoms with Gasteiger partial charge in [0.05, 0.1) is 18.5 Å². The smallest absolute Gasteiger partial charge is 0.263 e. The number of anilines is 2. The number of methoxy groups -OCH3 is 1. The number of rotatable bonds is 4. The molecule has 0 bridgehead atoms. The third-order valence-corrected chi connectivity index (χ3v) is 4.29. The summed E-state index contributed by atoms with van der Waals surface area (Å²) in [7, 11) is -2.52. The van der Waals surface area contributed by atoms with Crippen molar-refractivity contribution in [2.45, 2.75) is 4.90 Å². The van der Waals surface area contributed by atoms with E-state index in [4.69, 9.17) is 22.1 Å². The fraction of sp³-hybridized carbons (Fsp3) is 0.0769. The van der Waals surface area contributed by atoms with Gasteiger partial charge >= 0.3 is 0 Å². The summed E-state index contributed by atoms with van der Waals surface area (Å²) in [5.41, 5.74) is 5.72. The van der Waals surface area contributed by atoms with Crippen molar-refractivity contribution in [3.63, 3.8) is 0 Å². The Bertz CT molecular complexity index is 761. The molecule has 0 fully saturated rings. The van der Waals surface area contributed by atoms with E-state index in [1.54, 1.807) is 0 Å². The molecule has 0 aliphatic carbocycles. The predicted molar refractivity (Wildman–Crippen MR) is 79.6 cm³/mol. The van der Waals surface area contributed by atoms with E-state index in [9.17, 15) is 12.8 Å². The number of nitrogen functional groups attached to an aromatic ring is 1. The molecule has 0 spiro atoms. The first-order chi connectivity index (χ1) is 9.81. The maximum absolute atomic E-state index is 13.2. The number of hydrogen-bond donors (Lipinski definition) is 2. The zero-order chi connectivity index (χ0) is 15.6. The van der Waals surface area contributed by atoms with Crippen molar-refractivity contribution in [3.8, 4) is 5.75 Å². The van der Waals surface area contributed by atoms with E-state index in [2.05, 4.69) is 4.72 Å². The monoisotopic (exact) mass is 330 g/mol. The molecular weight excluding hydrogens is 319 g/mol. The summed E-state index contributed by atoms with van der Waals surface area (Å²) in [6, 6.07) is 7.53. The van der Waals surface area contributed by atoms with Gasteiger partial charge in [-0.2, -0.15) is 0 Å². The number of sulfonamides is 1. The number of hydrogen-bond acceptors (Lipinski definition) is 4. The molecule has 0 saturated carbocycles. The predicted octanol–water partition coefficient (Wildman–Crippen LogP) is 2.87. The third kappa shape index (κ3) is 3.56. The van der Waals surface area contributed by atoms with Gasteiger partial charge in [0, 0.05) is 11.1 Å². The Morgan fingerprint density at radius 2 is 1.95 bits per heavy atom. The second kappa shape index (κ2) is 5.79. The normalized spacial score (nSPS) is 11.2. The third-order valence-electron chi connectivity index (χ3n) is 2.62. The van der Waals surface area contributed by atoms with E-state index in [0.29, 0.717) is 5.75 Å². The van der Waals surface area contributed by atoms with Crippen molar-refractivity contribution in [3.05, 3.63) is 47.2 Å². The van der Waals surface area contributed by atoms with Gasteiger partial charge in [-0.1, -0.05) is 11.6 Å². The van der Waals surface area contributed by atoms with Crippen LogP contribution in [0.5, 0.6) is 5.75 Å². The van der Waals surface area contributed by atoms with Crippen LogP contribution >= 0.6 is 11.6 Å². The molecule has 0 amide bonds. The summed E-state index contributed by atoms with van der Waals surface area (Å²) in [6.07, 6.45) is 0. The Hall–Kier alpha value is -1.99. The molecule has 21 heavy (non-hydrogen) atoms. The molecule has 8 heteroatoms. The van der Waals surface area contributed by atoms with Gasteiger partial charge in [-0.3, -0.25) is 4.72 Å². The highest BCUT2D eigenvalue weighted by atomic mass is 35.5. The maximum atomic E-state index is 13.2. The number of nitrogens with one attached hydrogen (secondary N) is 1. The molecule has 0 aliphatic rings. The van der Waals surface area contributed by atoms with Crippen LogP contribution in [0.2, 0.25) is 5.02 Å². The van der Waals surface area contributed by atoms with Crippen molar-refractivity contribution in [1.29, 1.82) is 0 Å². The zero-order valence-electron chi connectivity index (χ0n) is 10.9. The molecule has 0 aromatic heterocycles. The summed E-state index contributed by atoms with van der Waals surface area (Å²) in [5.74, 6) is -0.219. The molecule has 112 valence electrons. The van der Waals surface area contributed by atoms with Crippen molar-refractivity contribution in [2.75, 3.05) is 17.6 Å². The Labute approximate surface area is 126 Å². The molecular formula is C13H12ClFN2O3S. The molecule has 3 N–H and O–H groups in total. The molecule has 5 nitrogen and oxygen atoms in total. The van der Waals surface area contributed by atoms with Gasteiger partial charge in [-0.05, 0) is 30.3 Å². The number of halogens is 2. The average Bonchev–Trinajstić information content (AvgIpc) is 2.36. The van der Waals surface area contributed by atoms with Crippen molar-refractivity contribution >= 4 is 33.0 Å². The summed E-state index contributed by atoms with van der Waals surface area (Å²) in [4.78, 5) is -0.135.